The summed E-state index contributed by atoms with van der Waals surface area (Å²) in [5.41, 5.74) is 6.28. The molecule has 0 heterocycles. The first-order valence-corrected chi connectivity index (χ1v) is 8.47. The number of carbonyl (C=O) groups excluding carboxylic acids is 1. The van der Waals surface area contributed by atoms with Gasteiger partial charge in [0.25, 0.3) is 0 Å². The van der Waals surface area contributed by atoms with Gasteiger partial charge in [-0.3, -0.25) is 4.79 Å². The summed E-state index contributed by atoms with van der Waals surface area (Å²) in [5.74, 6) is -0.246. The van der Waals surface area contributed by atoms with Crippen molar-refractivity contribution in [3.63, 3.8) is 0 Å². The van der Waals surface area contributed by atoms with Crippen LogP contribution < -0.4 is 15.8 Å². The van der Waals surface area contributed by atoms with Gasteiger partial charge in [-0.1, -0.05) is 13.8 Å². The maximum atomic E-state index is 12.0. The topological polar surface area (TPSA) is 101 Å². The second-order valence-electron chi connectivity index (χ2n) is 5.68. The maximum Gasteiger partial charge on any atom is 0.241 e. The lowest BCUT2D eigenvalue weighted by atomic mass is 10.1. The summed E-state index contributed by atoms with van der Waals surface area (Å²) in [5, 5.41) is 2.68. The molecule has 1 atom stereocenters. The fraction of sp³-hybridized carbons (Fsp3) is 0.500. The number of rotatable bonds is 6. The molecule has 0 radical (unpaired) electrons. The average molecular weight is 311 g/mol. The molecular formula is C14H21N3O3S. The van der Waals surface area contributed by atoms with Crippen molar-refractivity contribution >= 4 is 21.6 Å². The highest BCUT2D eigenvalue weighted by atomic mass is 32.2. The lowest BCUT2D eigenvalue weighted by Crippen LogP contribution is -2.39. The summed E-state index contributed by atoms with van der Waals surface area (Å²) >= 11 is 0. The van der Waals surface area contributed by atoms with Crippen molar-refractivity contribution in [2.75, 3.05) is 5.32 Å². The standard InChI is InChI=1S/C14H21N3O3S/c1-9(2)13(15)14(18)16-10-5-7-12(8-6-10)21(19,20)17-11-3-4-11/h5-9,11,13,17H,3-4,15H2,1-2H3,(H,16,18)/t13-/m1/s1. The van der Waals surface area contributed by atoms with Crippen LogP contribution in [-0.2, 0) is 14.8 Å². The van der Waals surface area contributed by atoms with Crippen molar-refractivity contribution in [3.05, 3.63) is 24.3 Å². The molecule has 1 amide bonds. The number of anilines is 1. The van der Waals surface area contributed by atoms with Crippen LogP contribution in [0.3, 0.4) is 0 Å². The van der Waals surface area contributed by atoms with Gasteiger partial charge in [-0.15, -0.1) is 0 Å². The Morgan fingerprint density at radius 3 is 2.29 bits per heavy atom. The normalized spacial score (nSPS) is 16.8. The van der Waals surface area contributed by atoms with E-state index in [1.165, 1.54) is 12.1 Å². The Balaban J connectivity index is 2.03. The minimum absolute atomic E-state index is 0.0346. The lowest BCUT2D eigenvalue weighted by molar-refractivity contribution is -0.118. The number of nitrogens with two attached hydrogens (primary N) is 1. The zero-order valence-corrected chi connectivity index (χ0v) is 13.0. The van der Waals surface area contributed by atoms with Gasteiger partial charge in [0, 0.05) is 11.7 Å². The second-order valence-corrected chi connectivity index (χ2v) is 7.39. The van der Waals surface area contributed by atoms with Gasteiger partial charge in [0.05, 0.1) is 10.9 Å². The number of amides is 1. The molecule has 7 heteroatoms. The van der Waals surface area contributed by atoms with E-state index in [1.54, 1.807) is 12.1 Å². The molecule has 1 saturated carbocycles. The van der Waals surface area contributed by atoms with E-state index in [2.05, 4.69) is 10.0 Å². The van der Waals surface area contributed by atoms with E-state index in [0.717, 1.165) is 12.8 Å². The van der Waals surface area contributed by atoms with Gasteiger partial charge in [-0.2, -0.15) is 0 Å². The van der Waals surface area contributed by atoms with Crippen LogP contribution in [0.15, 0.2) is 29.2 Å². The van der Waals surface area contributed by atoms with Crippen LogP contribution in [0.1, 0.15) is 26.7 Å². The van der Waals surface area contributed by atoms with Crippen molar-refractivity contribution in [3.8, 4) is 0 Å². The van der Waals surface area contributed by atoms with Crippen LogP contribution in [-0.4, -0.2) is 26.4 Å². The molecule has 0 aliphatic heterocycles. The van der Waals surface area contributed by atoms with E-state index in [0.29, 0.717) is 5.69 Å². The van der Waals surface area contributed by atoms with E-state index in [1.807, 2.05) is 13.8 Å². The molecule has 1 aromatic carbocycles. The Hall–Kier alpha value is -1.44. The maximum absolute atomic E-state index is 12.0. The zero-order valence-electron chi connectivity index (χ0n) is 12.2. The molecular weight excluding hydrogens is 290 g/mol. The van der Waals surface area contributed by atoms with Crippen molar-refractivity contribution in [1.82, 2.24) is 4.72 Å². The van der Waals surface area contributed by atoms with Gasteiger partial charge < -0.3 is 11.1 Å². The summed E-state index contributed by atoms with van der Waals surface area (Å²) < 4.78 is 26.6. The van der Waals surface area contributed by atoms with E-state index in [4.69, 9.17) is 5.73 Å². The van der Waals surface area contributed by atoms with Crippen LogP contribution in [0.25, 0.3) is 0 Å². The third-order valence-corrected chi connectivity index (χ3v) is 4.89. The number of sulfonamides is 1. The molecule has 116 valence electrons. The van der Waals surface area contributed by atoms with Gasteiger partial charge in [0.15, 0.2) is 0 Å². The van der Waals surface area contributed by atoms with E-state index in [9.17, 15) is 13.2 Å². The zero-order chi connectivity index (χ0) is 15.6. The van der Waals surface area contributed by atoms with Gasteiger partial charge >= 0.3 is 0 Å². The quantitative estimate of drug-likeness (QED) is 0.731. The molecule has 0 unspecified atom stereocenters. The molecule has 1 aromatic rings. The Kier molecular flexibility index (Phi) is 4.65. The Morgan fingerprint density at radius 1 is 1.24 bits per heavy atom. The van der Waals surface area contributed by atoms with Gasteiger partial charge in [-0.25, -0.2) is 13.1 Å². The first-order chi connectivity index (χ1) is 9.79. The molecule has 21 heavy (non-hydrogen) atoms. The summed E-state index contributed by atoms with van der Waals surface area (Å²) in [6.07, 6.45) is 1.78. The molecule has 0 bridgehead atoms. The minimum atomic E-state index is -3.46. The van der Waals surface area contributed by atoms with Crippen molar-refractivity contribution in [1.29, 1.82) is 0 Å². The fourth-order valence-electron chi connectivity index (χ4n) is 1.73. The average Bonchev–Trinajstić information content (AvgIpc) is 3.21. The smallest absolute Gasteiger partial charge is 0.241 e. The third-order valence-electron chi connectivity index (χ3n) is 3.35. The number of hydrogen-bond donors (Lipinski definition) is 3. The summed E-state index contributed by atoms with van der Waals surface area (Å²) in [6.45, 7) is 3.73. The molecule has 0 spiro atoms. The number of nitrogens with one attached hydrogen (secondary N) is 2. The van der Waals surface area contributed by atoms with Crippen molar-refractivity contribution < 1.29 is 13.2 Å². The van der Waals surface area contributed by atoms with Crippen LogP contribution >= 0.6 is 0 Å². The van der Waals surface area contributed by atoms with E-state index in [-0.39, 0.29) is 22.8 Å². The van der Waals surface area contributed by atoms with Crippen molar-refractivity contribution in [2.45, 2.75) is 43.7 Å². The van der Waals surface area contributed by atoms with Crippen LogP contribution in [0, 0.1) is 5.92 Å². The Labute approximate surface area is 125 Å². The van der Waals surface area contributed by atoms with Crippen molar-refractivity contribution in [2.24, 2.45) is 11.7 Å². The molecule has 0 aromatic heterocycles. The molecule has 4 N–H and O–H groups in total. The third kappa shape index (κ3) is 4.26. The van der Waals surface area contributed by atoms with E-state index < -0.39 is 16.1 Å². The second kappa shape index (κ2) is 6.13. The monoisotopic (exact) mass is 311 g/mol. The van der Waals surface area contributed by atoms with Crippen LogP contribution in [0.5, 0.6) is 0 Å². The highest BCUT2D eigenvalue weighted by molar-refractivity contribution is 7.89. The van der Waals surface area contributed by atoms with Crippen LogP contribution in [0.4, 0.5) is 5.69 Å². The van der Waals surface area contributed by atoms with Gasteiger partial charge in [-0.05, 0) is 43.0 Å². The summed E-state index contributed by atoms with van der Waals surface area (Å²) in [4.78, 5) is 12.0. The van der Waals surface area contributed by atoms with Gasteiger partial charge in [0.1, 0.15) is 0 Å². The predicted octanol–water partition coefficient (Wildman–Crippen LogP) is 1.05. The van der Waals surface area contributed by atoms with E-state index >= 15 is 0 Å². The number of benzene rings is 1. The first-order valence-electron chi connectivity index (χ1n) is 6.98. The van der Waals surface area contributed by atoms with Gasteiger partial charge in [0.2, 0.25) is 15.9 Å². The SMILES string of the molecule is CC(C)[C@@H](N)C(=O)Nc1ccc(S(=O)(=O)NC2CC2)cc1. The Morgan fingerprint density at radius 2 is 1.81 bits per heavy atom. The highest BCUT2D eigenvalue weighted by Gasteiger charge is 2.27. The molecule has 2 rings (SSSR count). The number of carbonyl (C=O) groups is 1. The highest BCUT2D eigenvalue weighted by Crippen LogP contribution is 2.22. The molecule has 0 saturated heterocycles. The lowest BCUT2D eigenvalue weighted by Gasteiger charge is -2.15. The molecule has 1 aliphatic carbocycles. The minimum Gasteiger partial charge on any atom is -0.325 e. The Bertz CT molecular complexity index is 607. The summed E-state index contributed by atoms with van der Waals surface area (Å²) in [7, 11) is -3.46. The fourth-order valence-corrected chi connectivity index (χ4v) is 3.04. The molecule has 6 nitrogen and oxygen atoms in total. The largest absolute Gasteiger partial charge is 0.325 e. The van der Waals surface area contributed by atoms with Crippen LogP contribution in [0.2, 0.25) is 0 Å². The molecule has 1 aliphatic rings. The first kappa shape index (κ1) is 15.9. The number of hydrogen-bond acceptors (Lipinski definition) is 4. The predicted molar refractivity (Wildman–Crippen MR) is 81.2 cm³/mol. The summed E-state index contributed by atoms with van der Waals surface area (Å²) in [6, 6.07) is 5.55. The molecule has 1 fully saturated rings.